The van der Waals surface area contributed by atoms with Gasteiger partial charge in [-0.25, -0.2) is 4.39 Å². The smallest absolute Gasteiger partial charge is 0.244 e. The Hall–Kier alpha value is -2.93. The average molecular weight is 294 g/mol. The van der Waals surface area contributed by atoms with Crippen molar-refractivity contribution in [3.8, 4) is 6.07 Å². The number of nitrogens with zero attached hydrogens (tertiary/aromatic N) is 1. The molecule has 1 unspecified atom stereocenters. The molecule has 110 valence electrons. The standard InChI is InChI=1S/C18H15FN2O/c1-13(16-7-2-15(12-20)3-8-16)21-18(22)11-6-14-4-9-17(19)10-5-14/h2-11,13H,1H3,(H,21,22)/b11-6+. The van der Waals surface area contributed by atoms with Crippen LogP contribution in [0.25, 0.3) is 6.08 Å². The summed E-state index contributed by atoms with van der Waals surface area (Å²) in [4.78, 5) is 11.9. The highest BCUT2D eigenvalue weighted by molar-refractivity contribution is 5.91. The topological polar surface area (TPSA) is 52.9 Å². The van der Waals surface area contributed by atoms with Gasteiger partial charge in [0, 0.05) is 6.08 Å². The lowest BCUT2D eigenvalue weighted by atomic mass is 10.1. The summed E-state index contributed by atoms with van der Waals surface area (Å²) in [7, 11) is 0. The van der Waals surface area contributed by atoms with Gasteiger partial charge in [0.1, 0.15) is 5.82 Å². The third-order valence-electron chi connectivity index (χ3n) is 3.20. The van der Waals surface area contributed by atoms with Crippen molar-refractivity contribution in [1.82, 2.24) is 5.32 Å². The number of carbonyl (C=O) groups excluding carboxylic acids is 1. The Kier molecular flexibility index (Phi) is 5.05. The van der Waals surface area contributed by atoms with E-state index in [9.17, 15) is 9.18 Å². The highest BCUT2D eigenvalue weighted by Gasteiger charge is 2.07. The molecule has 0 fully saturated rings. The Morgan fingerprint density at radius 1 is 1.18 bits per heavy atom. The molecule has 0 saturated carbocycles. The van der Waals surface area contributed by atoms with Crippen molar-refractivity contribution in [2.75, 3.05) is 0 Å². The molecule has 4 heteroatoms. The Bertz CT molecular complexity index is 712. The van der Waals surface area contributed by atoms with Crippen LogP contribution in [0.2, 0.25) is 0 Å². The molecule has 2 rings (SSSR count). The van der Waals surface area contributed by atoms with Gasteiger partial charge in [-0.1, -0.05) is 24.3 Å². The minimum Gasteiger partial charge on any atom is -0.346 e. The molecule has 0 aliphatic carbocycles. The summed E-state index contributed by atoms with van der Waals surface area (Å²) in [5.41, 5.74) is 2.25. The van der Waals surface area contributed by atoms with Crippen LogP contribution in [-0.2, 0) is 4.79 Å². The molecule has 0 aliphatic rings. The normalized spacial score (nSPS) is 11.9. The van der Waals surface area contributed by atoms with Gasteiger partial charge in [-0.3, -0.25) is 4.79 Å². The van der Waals surface area contributed by atoms with E-state index in [-0.39, 0.29) is 17.8 Å². The maximum atomic E-state index is 12.8. The number of carbonyl (C=O) groups is 1. The maximum absolute atomic E-state index is 12.8. The molecule has 2 aromatic rings. The SMILES string of the molecule is CC(NC(=O)/C=C/c1ccc(F)cc1)c1ccc(C#N)cc1. The Morgan fingerprint density at radius 3 is 2.41 bits per heavy atom. The summed E-state index contributed by atoms with van der Waals surface area (Å²) in [5.74, 6) is -0.544. The number of hydrogen-bond acceptors (Lipinski definition) is 2. The molecule has 0 bridgehead atoms. The van der Waals surface area contributed by atoms with Crippen molar-refractivity contribution in [1.29, 1.82) is 5.26 Å². The van der Waals surface area contributed by atoms with E-state index in [1.165, 1.54) is 18.2 Å². The molecular formula is C18H15FN2O. The van der Waals surface area contributed by atoms with Crippen molar-refractivity contribution in [2.24, 2.45) is 0 Å². The van der Waals surface area contributed by atoms with Crippen LogP contribution in [0.3, 0.4) is 0 Å². The molecule has 1 atom stereocenters. The fourth-order valence-electron chi connectivity index (χ4n) is 1.94. The quantitative estimate of drug-likeness (QED) is 0.876. The molecule has 0 spiro atoms. The molecule has 2 aromatic carbocycles. The molecule has 0 aliphatic heterocycles. The van der Waals surface area contributed by atoms with Crippen LogP contribution in [0.15, 0.2) is 54.6 Å². The van der Waals surface area contributed by atoms with E-state index < -0.39 is 0 Å². The van der Waals surface area contributed by atoms with Gasteiger partial charge < -0.3 is 5.32 Å². The zero-order valence-electron chi connectivity index (χ0n) is 12.1. The van der Waals surface area contributed by atoms with Gasteiger partial charge in [0.25, 0.3) is 0 Å². The second-order valence-corrected chi connectivity index (χ2v) is 4.85. The Labute approximate surface area is 128 Å². The summed E-state index contributed by atoms with van der Waals surface area (Å²) in [5, 5.41) is 11.6. The average Bonchev–Trinajstić information content (AvgIpc) is 2.54. The number of amides is 1. The molecule has 0 heterocycles. The number of benzene rings is 2. The third-order valence-corrected chi connectivity index (χ3v) is 3.20. The van der Waals surface area contributed by atoms with Crippen molar-refractivity contribution < 1.29 is 9.18 Å². The fraction of sp³-hybridized carbons (Fsp3) is 0.111. The van der Waals surface area contributed by atoms with Crippen molar-refractivity contribution >= 4 is 12.0 Å². The van der Waals surface area contributed by atoms with Crippen molar-refractivity contribution in [3.63, 3.8) is 0 Å². The summed E-state index contributed by atoms with van der Waals surface area (Å²) in [6, 6.07) is 14.8. The lowest BCUT2D eigenvalue weighted by Crippen LogP contribution is -2.24. The van der Waals surface area contributed by atoms with Gasteiger partial charge >= 0.3 is 0 Å². The van der Waals surface area contributed by atoms with Gasteiger partial charge in [-0.05, 0) is 48.4 Å². The van der Waals surface area contributed by atoms with E-state index in [4.69, 9.17) is 5.26 Å². The van der Waals surface area contributed by atoms with E-state index in [0.717, 1.165) is 11.1 Å². The summed E-state index contributed by atoms with van der Waals surface area (Å²) < 4.78 is 12.8. The number of nitrogens with one attached hydrogen (secondary N) is 1. The third kappa shape index (κ3) is 4.29. The molecule has 22 heavy (non-hydrogen) atoms. The van der Waals surface area contributed by atoms with Gasteiger partial charge in [0.2, 0.25) is 5.91 Å². The lowest BCUT2D eigenvalue weighted by molar-refractivity contribution is -0.117. The fourth-order valence-corrected chi connectivity index (χ4v) is 1.94. The van der Waals surface area contributed by atoms with Gasteiger partial charge in [-0.15, -0.1) is 0 Å². The first-order chi connectivity index (χ1) is 10.6. The zero-order chi connectivity index (χ0) is 15.9. The second kappa shape index (κ2) is 7.19. The van der Waals surface area contributed by atoms with Crippen LogP contribution in [0.5, 0.6) is 0 Å². The molecule has 1 N–H and O–H groups in total. The van der Waals surface area contributed by atoms with Crippen LogP contribution in [-0.4, -0.2) is 5.91 Å². The first kappa shape index (κ1) is 15.5. The molecule has 3 nitrogen and oxygen atoms in total. The zero-order valence-corrected chi connectivity index (χ0v) is 12.1. The van der Waals surface area contributed by atoms with Crippen molar-refractivity contribution in [3.05, 3.63) is 77.1 Å². The van der Waals surface area contributed by atoms with E-state index >= 15 is 0 Å². The summed E-state index contributed by atoms with van der Waals surface area (Å²) in [6.07, 6.45) is 3.04. The molecule has 0 aromatic heterocycles. The largest absolute Gasteiger partial charge is 0.346 e. The maximum Gasteiger partial charge on any atom is 0.244 e. The minimum atomic E-state index is -0.309. The number of nitriles is 1. The van der Waals surface area contributed by atoms with Crippen LogP contribution >= 0.6 is 0 Å². The second-order valence-electron chi connectivity index (χ2n) is 4.85. The Morgan fingerprint density at radius 2 is 1.82 bits per heavy atom. The molecular weight excluding hydrogens is 279 g/mol. The lowest BCUT2D eigenvalue weighted by Gasteiger charge is -2.12. The predicted octanol–water partition coefficient (Wildman–Crippen LogP) is 3.59. The molecule has 1 amide bonds. The number of hydrogen-bond donors (Lipinski definition) is 1. The van der Waals surface area contributed by atoms with Crippen LogP contribution in [0.4, 0.5) is 4.39 Å². The number of halogens is 1. The van der Waals surface area contributed by atoms with E-state index in [1.807, 2.05) is 19.1 Å². The monoisotopic (exact) mass is 294 g/mol. The minimum absolute atomic E-state index is 0.168. The van der Waals surface area contributed by atoms with Crippen LogP contribution in [0, 0.1) is 17.1 Å². The van der Waals surface area contributed by atoms with E-state index in [1.54, 1.807) is 30.3 Å². The van der Waals surface area contributed by atoms with Gasteiger partial charge in [0.05, 0.1) is 17.7 Å². The highest BCUT2D eigenvalue weighted by atomic mass is 19.1. The Balaban J connectivity index is 1.95. The predicted molar refractivity (Wildman–Crippen MR) is 83.1 cm³/mol. The molecule has 0 saturated heterocycles. The van der Waals surface area contributed by atoms with Gasteiger partial charge in [0.15, 0.2) is 0 Å². The number of rotatable bonds is 4. The first-order valence-corrected chi connectivity index (χ1v) is 6.82. The van der Waals surface area contributed by atoms with E-state index in [0.29, 0.717) is 5.56 Å². The van der Waals surface area contributed by atoms with E-state index in [2.05, 4.69) is 11.4 Å². The van der Waals surface area contributed by atoms with Crippen molar-refractivity contribution in [2.45, 2.75) is 13.0 Å². The molecule has 0 radical (unpaired) electrons. The highest BCUT2D eigenvalue weighted by Crippen LogP contribution is 2.13. The summed E-state index contributed by atoms with van der Waals surface area (Å²) in [6.45, 7) is 1.87. The summed E-state index contributed by atoms with van der Waals surface area (Å²) >= 11 is 0. The van der Waals surface area contributed by atoms with Crippen LogP contribution in [0.1, 0.15) is 29.7 Å². The van der Waals surface area contributed by atoms with Gasteiger partial charge in [-0.2, -0.15) is 5.26 Å². The van der Waals surface area contributed by atoms with Crippen LogP contribution < -0.4 is 5.32 Å². The first-order valence-electron chi connectivity index (χ1n) is 6.82.